The van der Waals surface area contributed by atoms with Gasteiger partial charge >= 0.3 is 0 Å². The first kappa shape index (κ1) is 9.40. The molecule has 4 nitrogen and oxygen atoms in total. The number of piperidine rings is 1. The fourth-order valence-electron chi connectivity index (χ4n) is 1.89. The van der Waals surface area contributed by atoms with E-state index >= 15 is 0 Å². The Labute approximate surface area is 83.3 Å². The number of carbonyl (C=O) groups is 1. The van der Waals surface area contributed by atoms with Crippen LogP contribution >= 0.6 is 0 Å². The summed E-state index contributed by atoms with van der Waals surface area (Å²) in [5, 5.41) is 7.74. The van der Waals surface area contributed by atoms with Crippen LogP contribution in [0.3, 0.4) is 0 Å². The molecule has 14 heavy (non-hydrogen) atoms. The van der Waals surface area contributed by atoms with Crippen molar-refractivity contribution in [2.45, 2.75) is 25.3 Å². The Morgan fingerprint density at radius 3 is 3.07 bits per heavy atom. The number of aromatic nitrogens is 2. The number of aldehydes is 1. The fourth-order valence-corrected chi connectivity index (χ4v) is 1.89. The van der Waals surface area contributed by atoms with Gasteiger partial charge in [-0.05, 0) is 25.5 Å². The molecule has 0 bridgehead atoms. The van der Waals surface area contributed by atoms with Crippen molar-refractivity contribution in [1.29, 1.82) is 0 Å². The highest BCUT2D eigenvalue weighted by atomic mass is 16.1. The van der Waals surface area contributed by atoms with Gasteiger partial charge in [0, 0.05) is 7.05 Å². The second-order valence-electron chi connectivity index (χ2n) is 3.74. The van der Waals surface area contributed by atoms with Crippen LogP contribution in [0.5, 0.6) is 0 Å². The molecule has 0 radical (unpaired) electrons. The molecule has 0 amide bonds. The monoisotopic (exact) mass is 193 g/mol. The van der Waals surface area contributed by atoms with Crippen molar-refractivity contribution in [2.24, 2.45) is 7.05 Å². The highest BCUT2D eigenvalue weighted by Gasteiger charge is 2.18. The number of nitrogens with one attached hydrogen (secondary N) is 1. The van der Waals surface area contributed by atoms with Gasteiger partial charge in [0.15, 0.2) is 6.29 Å². The number of aryl methyl sites for hydroxylation is 1. The van der Waals surface area contributed by atoms with Crippen molar-refractivity contribution in [3.63, 3.8) is 0 Å². The summed E-state index contributed by atoms with van der Waals surface area (Å²) in [6, 6.07) is 2.21. The molecule has 1 aliphatic heterocycles. The van der Waals surface area contributed by atoms with Gasteiger partial charge in [-0.2, -0.15) is 5.10 Å². The van der Waals surface area contributed by atoms with Crippen LogP contribution < -0.4 is 5.32 Å². The molecule has 2 heterocycles. The number of rotatable bonds is 2. The van der Waals surface area contributed by atoms with Crippen LogP contribution in [-0.2, 0) is 7.05 Å². The second kappa shape index (κ2) is 3.92. The van der Waals surface area contributed by atoms with Crippen LogP contribution in [0, 0.1) is 0 Å². The number of nitrogens with zero attached hydrogens (tertiary/aromatic N) is 2. The van der Waals surface area contributed by atoms with Crippen molar-refractivity contribution in [3.05, 3.63) is 17.5 Å². The van der Waals surface area contributed by atoms with Crippen molar-refractivity contribution in [3.8, 4) is 0 Å². The van der Waals surface area contributed by atoms with Crippen molar-refractivity contribution in [1.82, 2.24) is 15.1 Å². The lowest BCUT2D eigenvalue weighted by molar-refractivity contribution is 0.111. The summed E-state index contributed by atoms with van der Waals surface area (Å²) in [4.78, 5) is 10.6. The maximum atomic E-state index is 10.6. The van der Waals surface area contributed by atoms with Crippen LogP contribution in [0.1, 0.15) is 41.5 Å². The van der Waals surface area contributed by atoms with E-state index in [9.17, 15) is 4.79 Å². The lowest BCUT2D eigenvalue weighted by Crippen LogP contribution is -2.27. The molecule has 1 unspecified atom stereocenters. The molecular formula is C10H15N3O. The Morgan fingerprint density at radius 2 is 2.50 bits per heavy atom. The van der Waals surface area contributed by atoms with E-state index in [1.165, 1.54) is 12.8 Å². The lowest BCUT2D eigenvalue weighted by Gasteiger charge is -2.21. The molecule has 2 rings (SSSR count). The SMILES string of the molecule is Cn1nc(C2CCCCN2)cc1C=O. The molecule has 1 atom stereocenters. The van der Waals surface area contributed by atoms with E-state index in [0.29, 0.717) is 11.7 Å². The zero-order valence-corrected chi connectivity index (χ0v) is 8.36. The average molecular weight is 193 g/mol. The summed E-state index contributed by atoms with van der Waals surface area (Å²) < 4.78 is 1.64. The maximum Gasteiger partial charge on any atom is 0.168 e. The zero-order valence-electron chi connectivity index (χ0n) is 8.36. The van der Waals surface area contributed by atoms with E-state index in [1.54, 1.807) is 11.7 Å². The predicted octanol–water partition coefficient (Wildman–Crippen LogP) is 1.05. The summed E-state index contributed by atoms with van der Waals surface area (Å²) in [5.74, 6) is 0. The normalized spacial score (nSPS) is 22.2. The molecule has 0 aromatic carbocycles. The molecule has 1 fully saturated rings. The highest BCUT2D eigenvalue weighted by Crippen LogP contribution is 2.21. The third-order valence-corrected chi connectivity index (χ3v) is 2.72. The van der Waals surface area contributed by atoms with Gasteiger partial charge in [0.25, 0.3) is 0 Å². The van der Waals surface area contributed by atoms with E-state index < -0.39 is 0 Å². The van der Waals surface area contributed by atoms with E-state index in [0.717, 1.165) is 24.9 Å². The van der Waals surface area contributed by atoms with Crippen LogP contribution in [0.25, 0.3) is 0 Å². The Hall–Kier alpha value is -1.16. The van der Waals surface area contributed by atoms with Gasteiger partial charge in [-0.3, -0.25) is 9.48 Å². The van der Waals surface area contributed by atoms with Crippen LogP contribution in [-0.4, -0.2) is 22.6 Å². The Kier molecular flexibility index (Phi) is 2.63. The Morgan fingerprint density at radius 1 is 1.64 bits per heavy atom. The van der Waals surface area contributed by atoms with Crippen molar-refractivity contribution >= 4 is 6.29 Å². The van der Waals surface area contributed by atoms with Crippen LogP contribution in [0.4, 0.5) is 0 Å². The first-order valence-electron chi connectivity index (χ1n) is 5.04. The van der Waals surface area contributed by atoms with Gasteiger partial charge in [-0.15, -0.1) is 0 Å². The molecule has 1 N–H and O–H groups in total. The number of hydrogen-bond donors (Lipinski definition) is 1. The standard InChI is InChI=1S/C10H15N3O/c1-13-8(7-14)6-10(12-13)9-4-2-3-5-11-9/h6-7,9,11H,2-5H2,1H3. The molecule has 1 aliphatic rings. The average Bonchev–Trinajstić information content (AvgIpc) is 2.61. The molecule has 76 valence electrons. The second-order valence-corrected chi connectivity index (χ2v) is 3.74. The minimum Gasteiger partial charge on any atom is -0.309 e. The summed E-state index contributed by atoms with van der Waals surface area (Å²) in [6.45, 7) is 1.05. The molecule has 4 heteroatoms. The molecule has 1 aromatic rings. The molecular weight excluding hydrogens is 178 g/mol. The van der Waals surface area contributed by atoms with Crippen molar-refractivity contribution < 1.29 is 4.79 Å². The van der Waals surface area contributed by atoms with E-state index in [2.05, 4.69) is 10.4 Å². The van der Waals surface area contributed by atoms with E-state index in [1.807, 2.05) is 6.07 Å². The minimum absolute atomic E-state index is 0.337. The topological polar surface area (TPSA) is 46.9 Å². The molecule has 0 aliphatic carbocycles. The third-order valence-electron chi connectivity index (χ3n) is 2.72. The number of hydrogen-bond acceptors (Lipinski definition) is 3. The molecule has 0 spiro atoms. The first-order chi connectivity index (χ1) is 6.81. The summed E-state index contributed by atoms with van der Waals surface area (Å²) >= 11 is 0. The number of carbonyl (C=O) groups excluding carboxylic acids is 1. The smallest absolute Gasteiger partial charge is 0.168 e. The van der Waals surface area contributed by atoms with Crippen LogP contribution in [0.15, 0.2) is 6.07 Å². The Bertz CT molecular complexity index is 326. The summed E-state index contributed by atoms with van der Waals surface area (Å²) in [7, 11) is 1.80. The molecule has 1 saturated heterocycles. The molecule has 0 saturated carbocycles. The largest absolute Gasteiger partial charge is 0.309 e. The fraction of sp³-hybridized carbons (Fsp3) is 0.600. The third kappa shape index (κ3) is 1.70. The van der Waals surface area contributed by atoms with Gasteiger partial charge in [0.1, 0.15) is 5.69 Å². The van der Waals surface area contributed by atoms with Gasteiger partial charge in [0.2, 0.25) is 0 Å². The minimum atomic E-state index is 0.337. The predicted molar refractivity (Wildman–Crippen MR) is 53.2 cm³/mol. The highest BCUT2D eigenvalue weighted by molar-refractivity contribution is 5.72. The Balaban J connectivity index is 2.18. The first-order valence-corrected chi connectivity index (χ1v) is 5.04. The lowest BCUT2D eigenvalue weighted by atomic mass is 10.0. The van der Waals surface area contributed by atoms with Crippen molar-refractivity contribution in [2.75, 3.05) is 6.54 Å². The van der Waals surface area contributed by atoms with Gasteiger partial charge in [-0.25, -0.2) is 0 Å². The molecule has 1 aromatic heterocycles. The maximum absolute atomic E-state index is 10.6. The van der Waals surface area contributed by atoms with Gasteiger partial charge in [-0.1, -0.05) is 6.42 Å². The van der Waals surface area contributed by atoms with Gasteiger partial charge < -0.3 is 5.32 Å². The zero-order chi connectivity index (χ0) is 9.97. The summed E-state index contributed by atoms with van der Waals surface area (Å²) in [5.41, 5.74) is 1.64. The summed E-state index contributed by atoms with van der Waals surface area (Å²) in [6.07, 6.45) is 4.45. The quantitative estimate of drug-likeness (QED) is 0.714. The van der Waals surface area contributed by atoms with Gasteiger partial charge in [0.05, 0.1) is 11.7 Å². The van der Waals surface area contributed by atoms with E-state index in [-0.39, 0.29) is 0 Å². The van der Waals surface area contributed by atoms with Crippen LogP contribution in [0.2, 0.25) is 0 Å². The van der Waals surface area contributed by atoms with E-state index in [4.69, 9.17) is 0 Å².